The molecule has 51 valence electrons. The van der Waals surface area contributed by atoms with E-state index in [9.17, 15) is 0 Å². The first-order valence-corrected chi connectivity index (χ1v) is 3.41. The van der Waals surface area contributed by atoms with Crippen LogP contribution >= 0.6 is 0 Å². The number of hydrogen-bond donors (Lipinski definition) is 0. The van der Waals surface area contributed by atoms with Crippen molar-refractivity contribution in [2.45, 2.75) is 26.7 Å². The van der Waals surface area contributed by atoms with Crippen molar-refractivity contribution < 1.29 is 0 Å². The summed E-state index contributed by atoms with van der Waals surface area (Å²) in [7, 11) is 0. The Balaban J connectivity index is 3.38. The third-order valence-electron chi connectivity index (χ3n) is 1.19. The van der Waals surface area contributed by atoms with Gasteiger partial charge in [0.1, 0.15) is 0 Å². The highest BCUT2D eigenvalue weighted by Crippen LogP contribution is 1.99. The molecule has 0 aliphatic heterocycles. The Morgan fingerprint density at radius 3 is 2.56 bits per heavy atom. The van der Waals surface area contributed by atoms with Crippen molar-refractivity contribution in [2.24, 2.45) is 0 Å². The van der Waals surface area contributed by atoms with Crippen LogP contribution in [-0.2, 0) is 0 Å². The second kappa shape index (κ2) is 5.61. The molecule has 0 heteroatoms. The van der Waals surface area contributed by atoms with E-state index in [1.807, 2.05) is 6.08 Å². The quantitative estimate of drug-likeness (QED) is 0.506. The van der Waals surface area contributed by atoms with Gasteiger partial charge in [-0.05, 0) is 26.7 Å². The van der Waals surface area contributed by atoms with E-state index in [1.165, 1.54) is 5.57 Å². The van der Waals surface area contributed by atoms with Gasteiger partial charge in [-0.25, -0.2) is 0 Å². The molecular weight excluding hydrogens is 108 g/mol. The van der Waals surface area contributed by atoms with Crippen molar-refractivity contribution in [3.8, 4) is 0 Å². The minimum atomic E-state index is 1.05. The molecule has 0 spiro atoms. The van der Waals surface area contributed by atoms with Crippen molar-refractivity contribution in [3.05, 3.63) is 30.7 Å². The van der Waals surface area contributed by atoms with Crippen LogP contribution < -0.4 is 0 Å². The van der Waals surface area contributed by atoms with Crippen LogP contribution in [0.5, 0.6) is 0 Å². The molecule has 1 radical (unpaired) electrons. The minimum absolute atomic E-state index is 1.05. The molecule has 0 aromatic carbocycles. The van der Waals surface area contributed by atoms with Gasteiger partial charge in [0.25, 0.3) is 0 Å². The molecule has 0 saturated heterocycles. The molecule has 0 rings (SSSR count). The second-order valence-corrected chi connectivity index (χ2v) is 2.13. The fourth-order valence-corrected chi connectivity index (χ4v) is 0.519. The van der Waals surface area contributed by atoms with E-state index in [0.29, 0.717) is 0 Å². The largest absolute Gasteiger partial charge is 0.0885 e. The SMILES string of the molecule is [CH2]/C=C(\C)C/C=C/CC. The minimum Gasteiger partial charge on any atom is -0.0885 e. The fraction of sp³-hybridized carbons (Fsp3) is 0.444. The van der Waals surface area contributed by atoms with E-state index in [-0.39, 0.29) is 0 Å². The average molecular weight is 123 g/mol. The van der Waals surface area contributed by atoms with E-state index >= 15 is 0 Å². The van der Waals surface area contributed by atoms with Gasteiger partial charge in [0.15, 0.2) is 0 Å². The zero-order valence-electron chi connectivity index (χ0n) is 6.35. The van der Waals surface area contributed by atoms with Crippen molar-refractivity contribution >= 4 is 0 Å². The van der Waals surface area contributed by atoms with Gasteiger partial charge < -0.3 is 0 Å². The first-order valence-electron chi connectivity index (χ1n) is 3.41. The molecule has 0 bridgehead atoms. The summed E-state index contributed by atoms with van der Waals surface area (Å²) in [5, 5.41) is 0. The molecule has 0 nitrogen and oxygen atoms in total. The van der Waals surface area contributed by atoms with Gasteiger partial charge in [-0.2, -0.15) is 0 Å². The molecule has 0 amide bonds. The highest BCUT2D eigenvalue weighted by molar-refractivity contribution is 5.05. The van der Waals surface area contributed by atoms with Gasteiger partial charge in [0, 0.05) is 0 Å². The predicted molar refractivity (Wildman–Crippen MR) is 43.2 cm³/mol. The Labute approximate surface area is 58.3 Å². The Morgan fingerprint density at radius 1 is 1.44 bits per heavy atom. The molecular formula is C9H15. The maximum atomic E-state index is 3.67. The number of rotatable bonds is 3. The van der Waals surface area contributed by atoms with E-state index in [1.54, 1.807) is 0 Å². The normalized spacial score (nSPS) is 13.0. The Kier molecular flexibility index (Phi) is 5.29. The topological polar surface area (TPSA) is 0 Å². The molecule has 0 aromatic heterocycles. The molecule has 0 atom stereocenters. The van der Waals surface area contributed by atoms with E-state index in [2.05, 4.69) is 32.9 Å². The lowest BCUT2D eigenvalue weighted by atomic mass is 10.2. The third kappa shape index (κ3) is 5.35. The maximum absolute atomic E-state index is 3.67. The van der Waals surface area contributed by atoms with Crippen molar-refractivity contribution in [1.82, 2.24) is 0 Å². The summed E-state index contributed by atoms with van der Waals surface area (Å²) in [4.78, 5) is 0. The zero-order valence-corrected chi connectivity index (χ0v) is 6.35. The number of allylic oxidation sites excluding steroid dienone is 4. The molecule has 0 saturated carbocycles. The first kappa shape index (κ1) is 8.48. The average Bonchev–Trinajstić information content (AvgIpc) is 1.89. The first-order chi connectivity index (χ1) is 4.31. The summed E-state index contributed by atoms with van der Waals surface area (Å²) < 4.78 is 0. The lowest BCUT2D eigenvalue weighted by Gasteiger charge is -1.89. The smallest absolute Gasteiger partial charge is 0.0142 e. The van der Waals surface area contributed by atoms with Crippen LogP contribution in [0.25, 0.3) is 0 Å². The van der Waals surface area contributed by atoms with Crippen LogP contribution in [-0.4, -0.2) is 0 Å². The lowest BCUT2D eigenvalue weighted by Crippen LogP contribution is -1.69. The van der Waals surface area contributed by atoms with E-state index in [0.717, 1.165) is 12.8 Å². The Morgan fingerprint density at radius 2 is 2.11 bits per heavy atom. The van der Waals surface area contributed by atoms with Crippen molar-refractivity contribution in [1.29, 1.82) is 0 Å². The van der Waals surface area contributed by atoms with Crippen LogP contribution in [0.1, 0.15) is 26.7 Å². The van der Waals surface area contributed by atoms with Gasteiger partial charge >= 0.3 is 0 Å². The monoisotopic (exact) mass is 123 g/mol. The molecule has 0 unspecified atom stereocenters. The highest BCUT2D eigenvalue weighted by Gasteiger charge is 1.78. The highest BCUT2D eigenvalue weighted by atomic mass is 13.9. The fourth-order valence-electron chi connectivity index (χ4n) is 0.519. The second-order valence-electron chi connectivity index (χ2n) is 2.13. The van der Waals surface area contributed by atoms with Crippen LogP contribution in [0.15, 0.2) is 23.8 Å². The Bertz CT molecular complexity index is 107. The summed E-state index contributed by atoms with van der Waals surface area (Å²) >= 11 is 0. The Hall–Kier alpha value is -0.520. The molecule has 0 aliphatic rings. The van der Waals surface area contributed by atoms with E-state index in [4.69, 9.17) is 0 Å². The van der Waals surface area contributed by atoms with Gasteiger partial charge in [-0.3, -0.25) is 0 Å². The van der Waals surface area contributed by atoms with Gasteiger partial charge in [-0.1, -0.05) is 30.7 Å². The van der Waals surface area contributed by atoms with Crippen LogP contribution in [0.3, 0.4) is 0 Å². The summed E-state index contributed by atoms with van der Waals surface area (Å²) in [6.07, 6.45) is 8.44. The van der Waals surface area contributed by atoms with Gasteiger partial charge in [0.2, 0.25) is 0 Å². The van der Waals surface area contributed by atoms with E-state index < -0.39 is 0 Å². The summed E-state index contributed by atoms with van der Waals surface area (Å²) in [6, 6.07) is 0. The molecule has 0 fully saturated rings. The summed E-state index contributed by atoms with van der Waals surface area (Å²) in [5.41, 5.74) is 1.33. The molecule has 0 aliphatic carbocycles. The van der Waals surface area contributed by atoms with Crippen molar-refractivity contribution in [2.75, 3.05) is 0 Å². The van der Waals surface area contributed by atoms with Crippen LogP contribution in [0.4, 0.5) is 0 Å². The standard InChI is InChI=1S/C9H15/c1-4-6-7-8-9(3)5-2/h5-7H,2,4,8H2,1,3H3/b7-6+,9-5+. The van der Waals surface area contributed by atoms with Gasteiger partial charge in [-0.15, -0.1) is 0 Å². The number of hydrogen-bond acceptors (Lipinski definition) is 0. The van der Waals surface area contributed by atoms with Crippen molar-refractivity contribution in [3.63, 3.8) is 0 Å². The zero-order chi connectivity index (χ0) is 7.11. The summed E-state index contributed by atoms with van der Waals surface area (Å²) in [6.45, 7) is 7.90. The molecule has 0 heterocycles. The van der Waals surface area contributed by atoms with Crippen LogP contribution in [0, 0.1) is 6.92 Å². The van der Waals surface area contributed by atoms with Crippen LogP contribution in [0.2, 0.25) is 0 Å². The third-order valence-corrected chi connectivity index (χ3v) is 1.19. The maximum Gasteiger partial charge on any atom is -0.0142 e. The predicted octanol–water partition coefficient (Wildman–Crippen LogP) is 3.12. The summed E-state index contributed by atoms with van der Waals surface area (Å²) in [5.74, 6) is 0. The van der Waals surface area contributed by atoms with Gasteiger partial charge in [0.05, 0.1) is 0 Å². The molecule has 9 heavy (non-hydrogen) atoms. The lowest BCUT2D eigenvalue weighted by molar-refractivity contribution is 1.16. The molecule has 0 N–H and O–H groups in total. The molecule has 0 aromatic rings.